The van der Waals surface area contributed by atoms with E-state index in [2.05, 4.69) is 15.4 Å². The van der Waals surface area contributed by atoms with Crippen LogP contribution in [0, 0.1) is 20.8 Å². The number of ether oxygens (including phenoxy) is 1. The first-order chi connectivity index (χ1) is 16.8. The first kappa shape index (κ1) is 22.6. The number of rotatable bonds is 5. The molecule has 1 N–H and O–H groups in total. The normalized spacial score (nSPS) is 11.2. The average Bonchev–Trinajstić information content (AvgIpc) is 3.16. The number of halogens is 1. The summed E-state index contributed by atoms with van der Waals surface area (Å²) >= 11 is 6.15. The van der Waals surface area contributed by atoms with Crippen LogP contribution in [-0.4, -0.2) is 25.1 Å². The first-order valence-electron chi connectivity index (χ1n) is 11.0. The van der Waals surface area contributed by atoms with Crippen molar-refractivity contribution >= 4 is 39.9 Å². The molecule has 176 valence electrons. The third-order valence-corrected chi connectivity index (χ3v) is 6.38. The predicted octanol–water partition coefficient (Wildman–Crippen LogP) is 5.05. The van der Waals surface area contributed by atoms with Crippen LogP contribution in [0.15, 0.2) is 65.5 Å². The maximum absolute atomic E-state index is 13.4. The largest absolute Gasteiger partial charge is 0.436 e. The molecule has 0 aliphatic heterocycles. The van der Waals surface area contributed by atoms with Crippen LogP contribution >= 0.6 is 11.6 Å². The van der Waals surface area contributed by atoms with Crippen molar-refractivity contribution in [1.29, 1.82) is 0 Å². The summed E-state index contributed by atoms with van der Waals surface area (Å²) < 4.78 is 8.67. The molecule has 8 nitrogen and oxygen atoms in total. The summed E-state index contributed by atoms with van der Waals surface area (Å²) in [7, 11) is 0. The van der Waals surface area contributed by atoms with Gasteiger partial charge in [-0.25, -0.2) is 18.9 Å². The quantitative estimate of drug-likeness (QED) is 0.374. The highest BCUT2D eigenvalue weighted by atomic mass is 35.5. The van der Waals surface area contributed by atoms with E-state index in [0.29, 0.717) is 27.5 Å². The number of nitrogens with zero attached hydrogens (tertiary/aromatic N) is 4. The first-order valence-corrected chi connectivity index (χ1v) is 11.4. The van der Waals surface area contributed by atoms with Crippen LogP contribution in [0.2, 0.25) is 5.02 Å². The average molecular weight is 488 g/mol. The lowest BCUT2D eigenvalue weighted by molar-refractivity contribution is -0.117. The van der Waals surface area contributed by atoms with Gasteiger partial charge in [0.2, 0.25) is 11.6 Å². The van der Waals surface area contributed by atoms with Gasteiger partial charge < -0.3 is 10.1 Å². The van der Waals surface area contributed by atoms with E-state index in [-0.39, 0.29) is 18.1 Å². The number of carbonyl (C=O) groups is 1. The summed E-state index contributed by atoms with van der Waals surface area (Å²) in [6.07, 6.45) is 0. The van der Waals surface area contributed by atoms with Gasteiger partial charge >= 0.3 is 5.69 Å². The third-order valence-electron chi connectivity index (χ3n) is 5.97. The summed E-state index contributed by atoms with van der Waals surface area (Å²) in [6, 6.07) is 18.2. The Balaban J connectivity index is 1.58. The van der Waals surface area contributed by atoms with Crippen molar-refractivity contribution < 1.29 is 9.53 Å². The number of anilines is 1. The minimum atomic E-state index is -0.470. The maximum Gasteiger partial charge on any atom is 0.351 e. The Labute approximate surface area is 205 Å². The fourth-order valence-corrected chi connectivity index (χ4v) is 4.02. The molecule has 0 radical (unpaired) electrons. The molecule has 9 heteroatoms. The molecule has 0 saturated heterocycles. The van der Waals surface area contributed by atoms with Gasteiger partial charge in [-0.05, 0) is 67.8 Å². The van der Waals surface area contributed by atoms with Crippen LogP contribution in [0.4, 0.5) is 5.69 Å². The standard InChI is InChI=1S/C26H22ClN5O3/c1-15-8-6-13-22(16(15)2)35-25-24-30-31(14-23(33)28-19-11-7-9-18(27)17(19)3)26(34)32(24)21-12-5-4-10-20(21)29-25/h4-13H,14H2,1-3H3,(H,28,33). The molecular weight excluding hydrogens is 466 g/mol. The van der Waals surface area contributed by atoms with Crippen LogP contribution in [0.1, 0.15) is 16.7 Å². The van der Waals surface area contributed by atoms with Crippen LogP contribution < -0.4 is 15.7 Å². The fourth-order valence-electron chi connectivity index (χ4n) is 3.85. The van der Waals surface area contributed by atoms with E-state index in [9.17, 15) is 9.59 Å². The molecule has 0 atom stereocenters. The lowest BCUT2D eigenvalue weighted by atomic mass is 10.1. The van der Waals surface area contributed by atoms with E-state index >= 15 is 0 Å². The highest BCUT2D eigenvalue weighted by Crippen LogP contribution is 2.29. The minimum Gasteiger partial charge on any atom is -0.436 e. The van der Waals surface area contributed by atoms with Gasteiger partial charge in [-0.15, -0.1) is 5.10 Å². The maximum atomic E-state index is 13.4. The summed E-state index contributed by atoms with van der Waals surface area (Å²) in [5, 5.41) is 7.76. The fraction of sp³-hybridized carbons (Fsp3) is 0.154. The number of fused-ring (bicyclic) bond motifs is 3. The van der Waals surface area contributed by atoms with Gasteiger partial charge in [-0.2, -0.15) is 0 Å². The zero-order valence-corrected chi connectivity index (χ0v) is 20.1. The van der Waals surface area contributed by atoms with E-state index in [1.54, 1.807) is 30.3 Å². The highest BCUT2D eigenvalue weighted by molar-refractivity contribution is 6.31. The Bertz CT molecular complexity index is 1670. The molecule has 3 aromatic carbocycles. The van der Waals surface area contributed by atoms with E-state index < -0.39 is 11.6 Å². The number of carbonyl (C=O) groups excluding carboxylic acids is 1. The Hall–Kier alpha value is -4.17. The molecule has 0 spiro atoms. The lowest BCUT2D eigenvalue weighted by Crippen LogP contribution is -2.28. The number of nitrogens with one attached hydrogen (secondary N) is 1. The van der Waals surface area contributed by atoms with Crippen LogP contribution in [-0.2, 0) is 11.3 Å². The molecule has 1 amide bonds. The minimum absolute atomic E-state index is 0.180. The zero-order chi connectivity index (χ0) is 24.7. The van der Waals surface area contributed by atoms with Gasteiger partial charge in [0.15, 0.2) is 0 Å². The van der Waals surface area contributed by atoms with Crippen molar-refractivity contribution in [2.45, 2.75) is 27.3 Å². The van der Waals surface area contributed by atoms with E-state index in [1.165, 1.54) is 4.40 Å². The topological polar surface area (TPSA) is 90.5 Å². The van der Waals surface area contributed by atoms with Crippen molar-refractivity contribution in [3.63, 3.8) is 0 Å². The molecule has 0 unspecified atom stereocenters. The zero-order valence-electron chi connectivity index (χ0n) is 19.4. The SMILES string of the molecule is Cc1cccc(Oc2nc3ccccc3n3c(=O)n(CC(=O)Nc4cccc(Cl)c4C)nc23)c1C. The number of benzene rings is 3. The van der Waals surface area contributed by atoms with Crippen molar-refractivity contribution in [2.24, 2.45) is 0 Å². The molecule has 0 aliphatic rings. The van der Waals surface area contributed by atoms with Crippen molar-refractivity contribution in [3.8, 4) is 11.6 Å². The molecule has 0 aliphatic carbocycles. The monoisotopic (exact) mass is 487 g/mol. The van der Waals surface area contributed by atoms with Gasteiger partial charge in [0.25, 0.3) is 5.88 Å². The third kappa shape index (κ3) is 4.13. The van der Waals surface area contributed by atoms with E-state index in [0.717, 1.165) is 21.4 Å². The predicted molar refractivity (Wildman–Crippen MR) is 136 cm³/mol. The molecule has 0 bridgehead atoms. The lowest BCUT2D eigenvalue weighted by Gasteiger charge is -2.11. The second-order valence-corrected chi connectivity index (χ2v) is 8.67. The van der Waals surface area contributed by atoms with E-state index in [1.807, 2.05) is 51.1 Å². The molecule has 2 heterocycles. The highest BCUT2D eigenvalue weighted by Gasteiger charge is 2.20. The molecule has 35 heavy (non-hydrogen) atoms. The second kappa shape index (κ2) is 8.88. The van der Waals surface area contributed by atoms with Gasteiger partial charge in [0.1, 0.15) is 12.3 Å². The van der Waals surface area contributed by atoms with E-state index in [4.69, 9.17) is 16.3 Å². The number of aryl methyl sites for hydroxylation is 1. The Kier molecular flexibility index (Phi) is 5.74. The molecule has 2 aromatic heterocycles. The summed E-state index contributed by atoms with van der Waals surface area (Å²) in [5.74, 6) is 0.389. The molecule has 5 rings (SSSR count). The van der Waals surface area contributed by atoms with Crippen molar-refractivity contribution in [1.82, 2.24) is 19.2 Å². The van der Waals surface area contributed by atoms with Crippen LogP contribution in [0.3, 0.4) is 0 Å². The summed E-state index contributed by atoms with van der Waals surface area (Å²) in [5.41, 5.74) is 4.23. The van der Waals surface area contributed by atoms with Gasteiger partial charge in [0.05, 0.1) is 11.0 Å². The Morgan fingerprint density at radius 1 is 1.00 bits per heavy atom. The molecule has 0 saturated carbocycles. The van der Waals surface area contributed by atoms with Gasteiger partial charge in [-0.3, -0.25) is 4.79 Å². The summed E-state index contributed by atoms with van der Waals surface area (Å²) in [4.78, 5) is 30.8. The van der Waals surface area contributed by atoms with Gasteiger partial charge in [-0.1, -0.05) is 41.9 Å². The molecular formula is C26H22ClN5O3. The Morgan fingerprint density at radius 2 is 1.77 bits per heavy atom. The second-order valence-electron chi connectivity index (χ2n) is 8.27. The number of aromatic nitrogens is 4. The van der Waals surface area contributed by atoms with Crippen LogP contribution in [0.5, 0.6) is 11.6 Å². The number of amides is 1. The number of para-hydroxylation sites is 2. The summed E-state index contributed by atoms with van der Waals surface area (Å²) in [6.45, 7) is 5.47. The number of hydrogen-bond donors (Lipinski definition) is 1. The molecule has 5 aromatic rings. The van der Waals surface area contributed by atoms with Crippen molar-refractivity contribution in [2.75, 3.05) is 5.32 Å². The van der Waals surface area contributed by atoms with Gasteiger partial charge in [0, 0.05) is 10.7 Å². The Morgan fingerprint density at radius 3 is 2.60 bits per heavy atom. The smallest absolute Gasteiger partial charge is 0.351 e. The molecule has 0 fully saturated rings. The number of hydrogen-bond acceptors (Lipinski definition) is 5. The van der Waals surface area contributed by atoms with Crippen molar-refractivity contribution in [3.05, 3.63) is 92.9 Å². The van der Waals surface area contributed by atoms with Crippen LogP contribution in [0.25, 0.3) is 16.7 Å².